The molecule has 1 aromatic heterocycles. The molecular formula is C14H13ClF3N3OS. The Labute approximate surface area is 139 Å². The maximum atomic E-state index is 12.8. The number of carbonyl (C=O) groups excluding carboxylic acids is 1. The molecule has 4 nitrogen and oxygen atoms in total. The lowest BCUT2D eigenvalue weighted by Crippen LogP contribution is -2.30. The third-order valence-electron chi connectivity index (χ3n) is 2.87. The van der Waals surface area contributed by atoms with Crippen molar-refractivity contribution in [3.8, 4) is 0 Å². The molecule has 0 aliphatic rings. The highest BCUT2D eigenvalue weighted by molar-refractivity contribution is 7.13. The first-order valence-electron chi connectivity index (χ1n) is 6.46. The number of halogens is 4. The van der Waals surface area contributed by atoms with Crippen LogP contribution in [0, 0.1) is 6.92 Å². The molecule has 1 N–H and O–H groups in total. The second kappa shape index (κ2) is 6.76. The summed E-state index contributed by atoms with van der Waals surface area (Å²) in [5, 5.41) is 4.52. The third-order valence-corrected chi connectivity index (χ3v) is 4.27. The van der Waals surface area contributed by atoms with E-state index in [9.17, 15) is 18.0 Å². The van der Waals surface area contributed by atoms with E-state index in [2.05, 4.69) is 10.3 Å². The Bertz CT molecular complexity index is 718. The number of thiazole rings is 1. The second-order valence-corrected chi connectivity index (χ2v) is 6.11. The molecule has 0 atom stereocenters. The number of carbonyl (C=O) groups is 1. The Morgan fingerprint density at radius 2 is 2.13 bits per heavy atom. The Morgan fingerprint density at radius 1 is 1.43 bits per heavy atom. The van der Waals surface area contributed by atoms with Crippen molar-refractivity contribution in [1.29, 1.82) is 0 Å². The fraction of sp³-hybridized carbons (Fsp3) is 0.286. The van der Waals surface area contributed by atoms with Crippen molar-refractivity contribution in [3.63, 3.8) is 0 Å². The molecule has 23 heavy (non-hydrogen) atoms. The van der Waals surface area contributed by atoms with Crippen molar-refractivity contribution in [2.75, 3.05) is 23.8 Å². The average Bonchev–Trinajstić information content (AvgIpc) is 2.86. The van der Waals surface area contributed by atoms with Crippen molar-refractivity contribution in [1.82, 2.24) is 4.98 Å². The number of likely N-dealkylation sites (N-methyl/N-ethyl adjacent to an activating group) is 1. The van der Waals surface area contributed by atoms with E-state index in [0.717, 1.165) is 17.8 Å². The molecule has 9 heteroatoms. The minimum absolute atomic E-state index is 0.0308. The number of amides is 1. The number of benzene rings is 1. The number of nitrogens with one attached hydrogen (secondary N) is 1. The fourth-order valence-corrected chi connectivity index (χ4v) is 2.82. The van der Waals surface area contributed by atoms with Gasteiger partial charge in [-0.25, -0.2) is 4.98 Å². The van der Waals surface area contributed by atoms with Crippen LogP contribution in [-0.4, -0.2) is 24.5 Å². The first-order valence-corrected chi connectivity index (χ1v) is 7.72. The summed E-state index contributed by atoms with van der Waals surface area (Å²) in [5.74, 6) is -0.448. The van der Waals surface area contributed by atoms with Gasteiger partial charge in [0.1, 0.15) is 0 Å². The topological polar surface area (TPSA) is 45.2 Å². The number of rotatable bonds is 4. The highest BCUT2D eigenvalue weighted by atomic mass is 35.5. The summed E-state index contributed by atoms with van der Waals surface area (Å²) in [6.07, 6.45) is -4.58. The standard InChI is InChI=1S/C14H13ClF3N3OS/c1-8-7-23-13(19-8)21(2)6-12(22)20-9-3-4-11(15)10(5-9)14(16,17)18/h3-5,7H,6H2,1-2H3,(H,20,22). The lowest BCUT2D eigenvalue weighted by molar-refractivity contribution is -0.137. The molecule has 2 rings (SSSR count). The Kier molecular flexibility index (Phi) is 5.16. The molecule has 0 saturated heterocycles. The number of hydrogen-bond acceptors (Lipinski definition) is 4. The largest absolute Gasteiger partial charge is 0.417 e. The van der Waals surface area contributed by atoms with Crippen molar-refractivity contribution in [2.45, 2.75) is 13.1 Å². The van der Waals surface area contributed by atoms with Crippen LogP contribution in [0.5, 0.6) is 0 Å². The number of anilines is 2. The number of aromatic nitrogens is 1. The molecule has 0 saturated carbocycles. The summed E-state index contributed by atoms with van der Waals surface area (Å²) in [7, 11) is 1.68. The lowest BCUT2D eigenvalue weighted by atomic mass is 10.2. The van der Waals surface area contributed by atoms with Crippen LogP contribution in [0.4, 0.5) is 24.0 Å². The molecule has 0 spiro atoms. The number of hydrogen-bond donors (Lipinski definition) is 1. The van der Waals surface area contributed by atoms with Crippen LogP contribution >= 0.6 is 22.9 Å². The molecule has 0 bridgehead atoms. The van der Waals surface area contributed by atoms with Crippen molar-refractivity contribution >= 4 is 39.7 Å². The summed E-state index contributed by atoms with van der Waals surface area (Å²) in [4.78, 5) is 17.8. The highest BCUT2D eigenvalue weighted by Crippen LogP contribution is 2.36. The van der Waals surface area contributed by atoms with Crippen molar-refractivity contribution in [2.24, 2.45) is 0 Å². The molecule has 0 fully saturated rings. The van der Waals surface area contributed by atoms with Crippen LogP contribution in [0.15, 0.2) is 23.6 Å². The van der Waals surface area contributed by atoms with Gasteiger partial charge in [-0.1, -0.05) is 11.6 Å². The number of alkyl halides is 3. The Morgan fingerprint density at radius 3 is 2.70 bits per heavy atom. The van der Waals surface area contributed by atoms with Gasteiger partial charge in [-0.3, -0.25) is 4.79 Å². The van der Waals surface area contributed by atoms with Crippen LogP contribution in [-0.2, 0) is 11.0 Å². The third kappa shape index (κ3) is 4.59. The van der Waals surface area contributed by atoms with Crippen LogP contribution in [0.25, 0.3) is 0 Å². The van der Waals surface area contributed by atoms with E-state index in [1.807, 2.05) is 12.3 Å². The first kappa shape index (κ1) is 17.6. The van der Waals surface area contributed by atoms with Crippen LogP contribution in [0.1, 0.15) is 11.3 Å². The average molecular weight is 364 g/mol. The van der Waals surface area contributed by atoms with E-state index in [1.165, 1.54) is 17.4 Å². The normalized spacial score (nSPS) is 11.4. The molecular weight excluding hydrogens is 351 g/mol. The fourth-order valence-electron chi connectivity index (χ4n) is 1.82. The summed E-state index contributed by atoms with van der Waals surface area (Å²) in [5.41, 5.74) is -0.110. The molecule has 1 heterocycles. The highest BCUT2D eigenvalue weighted by Gasteiger charge is 2.33. The van der Waals surface area contributed by atoms with E-state index in [0.29, 0.717) is 5.13 Å². The maximum absolute atomic E-state index is 12.8. The first-order chi connectivity index (χ1) is 10.7. The van der Waals surface area contributed by atoms with Gasteiger partial charge in [0.15, 0.2) is 5.13 Å². The molecule has 0 aliphatic carbocycles. The zero-order chi connectivity index (χ0) is 17.2. The predicted molar refractivity (Wildman–Crippen MR) is 85.2 cm³/mol. The molecule has 0 radical (unpaired) electrons. The van der Waals surface area contributed by atoms with E-state index in [-0.39, 0.29) is 12.2 Å². The van der Waals surface area contributed by atoms with Crippen molar-refractivity contribution in [3.05, 3.63) is 39.9 Å². The smallest absolute Gasteiger partial charge is 0.342 e. The zero-order valence-electron chi connectivity index (χ0n) is 12.2. The Hall–Kier alpha value is -1.80. The van der Waals surface area contributed by atoms with Gasteiger partial charge in [-0.2, -0.15) is 13.2 Å². The van der Waals surface area contributed by atoms with Gasteiger partial charge in [-0.05, 0) is 25.1 Å². The van der Waals surface area contributed by atoms with Gasteiger partial charge in [0.05, 0.1) is 22.8 Å². The van der Waals surface area contributed by atoms with Gasteiger partial charge < -0.3 is 10.2 Å². The molecule has 2 aromatic rings. The van der Waals surface area contributed by atoms with Gasteiger partial charge in [0.2, 0.25) is 5.91 Å². The monoisotopic (exact) mass is 363 g/mol. The predicted octanol–water partition coefficient (Wildman–Crippen LogP) is 4.20. The minimum Gasteiger partial charge on any atom is -0.342 e. The van der Waals surface area contributed by atoms with Crippen LogP contribution in [0.2, 0.25) is 5.02 Å². The van der Waals surface area contributed by atoms with Crippen LogP contribution < -0.4 is 10.2 Å². The van der Waals surface area contributed by atoms with Crippen LogP contribution in [0.3, 0.4) is 0 Å². The quantitative estimate of drug-likeness (QED) is 0.885. The van der Waals surface area contributed by atoms with E-state index >= 15 is 0 Å². The van der Waals surface area contributed by atoms with Gasteiger partial charge in [0.25, 0.3) is 0 Å². The Balaban J connectivity index is 2.06. The summed E-state index contributed by atoms with van der Waals surface area (Å²) in [6, 6.07) is 3.24. The second-order valence-electron chi connectivity index (χ2n) is 4.87. The molecule has 1 amide bonds. The summed E-state index contributed by atoms with van der Waals surface area (Å²) >= 11 is 6.92. The molecule has 1 aromatic carbocycles. The minimum atomic E-state index is -4.58. The summed E-state index contributed by atoms with van der Waals surface area (Å²) < 4.78 is 38.4. The van der Waals surface area contributed by atoms with Gasteiger partial charge >= 0.3 is 6.18 Å². The SMILES string of the molecule is Cc1csc(N(C)CC(=O)Nc2ccc(Cl)c(C(F)(F)F)c2)n1. The molecule has 0 unspecified atom stereocenters. The van der Waals surface area contributed by atoms with Gasteiger partial charge in [-0.15, -0.1) is 11.3 Å². The maximum Gasteiger partial charge on any atom is 0.417 e. The lowest BCUT2D eigenvalue weighted by Gasteiger charge is -2.16. The van der Waals surface area contributed by atoms with E-state index in [4.69, 9.17) is 11.6 Å². The van der Waals surface area contributed by atoms with E-state index in [1.54, 1.807) is 11.9 Å². The van der Waals surface area contributed by atoms with Crippen molar-refractivity contribution < 1.29 is 18.0 Å². The molecule has 0 aliphatic heterocycles. The number of aryl methyl sites for hydroxylation is 1. The van der Waals surface area contributed by atoms with E-state index < -0.39 is 22.7 Å². The zero-order valence-corrected chi connectivity index (χ0v) is 13.8. The molecule has 124 valence electrons. The number of nitrogens with zero attached hydrogens (tertiary/aromatic N) is 2. The summed E-state index contributed by atoms with van der Waals surface area (Å²) in [6.45, 7) is 1.80. The van der Waals surface area contributed by atoms with Gasteiger partial charge in [0, 0.05) is 18.1 Å².